The molecule has 0 radical (unpaired) electrons. The monoisotopic (exact) mass is 496 g/mol. The minimum atomic E-state index is -5.39. The molecule has 1 heterocycles. The number of rotatable bonds is 8. The lowest BCUT2D eigenvalue weighted by atomic mass is 9.97. The Labute approximate surface area is 192 Å². The Hall–Kier alpha value is -2.78. The van der Waals surface area contributed by atoms with Crippen LogP contribution in [-0.2, 0) is 14.4 Å². The fourth-order valence-electron chi connectivity index (χ4n) is 4.46. The van der Waals surface area contributed by atoms with E-state index in [0.717, 1.165) is 4.90 Å². The molecule has 1 aliphatic carbocycles. The topological polar surface area (TPSA) is 102 Å². The minimum absolute atomic E-state index is 0.0388. The normalized spacial score (nSPS) is 24.9. The second-order valence-corrected chi connectivity index (χ2v) is 9.17. The predicted octanol–water partition coefficient (Wildman–Crippen LogP) is 2.83. The molecule has 0 aromatic carbocycles. The Morgan fingerprint density at radius 2 is 1.76 bits per heavy atom. The van der Waals surface area contributed by atoms with Crippen molar-refractivity contribution >= 4 is 17.7 Å². The number of amides is 3. The van der Waals surface area contributed by atoms with Gasteiger partial charge >= 0.3 is 18.3 Å². The highest BCUT2D eigenvalue weighted by Crippen LogP contribution is 2.65. The molecule has 2 aliphatic rings. The van der Waals surface area contributed by atoms with Crippen molar-refractivity contribution in [1.29, 1.82) is 5.26 Å². The van der Waals surface area contributed by atoms with Gasteiger partial charge in [0.1, 0.15) is 18.1 Å². The van der Waals surface area contributed by atoms with Crippen molar-refractivity contribution in [2.75, 3.05) is 6.54 Å². The van der Waals surface area contributed by atoms with Gasteiger partial charge in [0.15, 0.2) is 0 Å². The molecule has 2 fully saturated rings. The molecule has 0 bridgehead atoms. The largest absolute Gasteiger partial charge is 0.471 e. The molecule has 5 atom stereocenters. The summed E-state index contributed by atoms with van der Waals surface area (Å²) in [4.78, 5) is 38.7. The summed E-state index contributed by atoms with van der Waals surface area (Å²) in [5.74, 6) is -4.91. The molecule has 1 saturated carbocycles. The highest BCUT2D eigenvalue weighted by atomic mass is 19.4. The van der Waals surface area contributed by atoms with Gasteiger partial charge in [0, 0.05) is 13.0 Å². The predicted molar refractivity (Wildman–Crippen MR) is 107 cm³/mol. The van der Waals surface area contributed by atoms with Crippen LogP contribution < -0.4 is 10.6 Å². The van der Waals surface area contributed by atoms with E-state index >= 15 is 0 Å². The summed E-state index contributed by atoms with van der Waals surface area (Å²) in [6, 6.07) is -2.25. The van der Waals surface area contributed by atoms with E-state index in [1.165, 1.54) is 5.32 Å². The fraction of sp³-hybridized carbons (Fsp3) is 0.714. The third kappa shape index (κ3) is 5.82. The minimum Gasteiger partial charge on any atom is -0.339 e. The fourth-order valence-corrected chi connectivity index (χ4v) is 4.46. The van der Waals surface area contributed by atoms with Crippen LogP contribution in [0.15, 0.2) is 12.2 Å². The van der Waals surface area contributed by atoms with Crippen molar-refractivity contribution in [2.24, 2.45) is 17.3 Å². The van der Waals surface area contributed by atoms with Gasteiger partial charge in [-0.1, -0.05) is 27.4 Å². The van der Waals surface area contributed by atoms with Gasteiger partial charge in [-0.25, -0.2) is 0 Å². The molecule has 0 aromatic rings. The number of nitrogens with one attached hydrogen (secondary N) is 2. The van der Waals surface area contributed by atoms with Gasteiger partial charge in [-0.2, -0.15) is 31.6 Å². The van der Waals surface area contributed by atoms with Crippen LogP contribution in [0.5, 0.6) is 0 Å². The molecule has 1 aliphatic heterocycles. The summed E-state index contributed by atoms with van der Waals surface area (Å²) < 4.78 is 76.5. The molecule has 13 heteroatoms. The SMILES string of the molecule is C=C(CCC(F)(F)F)[C@H](NC(=O)C(F)(F)F)C(=O)N1C[C@H]2[C@@H]([C@H]1C(=O)N[C@H](C#N)CC)C2(C)C. The standard InChI is InChI=1S/C21H26F6N4O3/c1-5-11(8-28)29-16(32)15-13-12(19(13,3)4)9-31(15)17(33)14(30-18(34)21(25,26)27)10(2)6-7-20(22,23)24/h11-15H,2,5-7,9H2,1,3-4H3,(H,29,32)(H,30,34)/t11-,12-,13-,14-,15-/m0/s1. The maximum Gasteiger partial charge on any atom is 0.471 e. The van der Waals surface area contributed by atoms with Crippen LogP contribution in [0.4, 0.5) is 26.3 Å². The Morgan fingerprint density at radius 1 is 1.18 bits per heavy atom. The average Bonchev–Trinajstić information content (AvgIpc) is 3.06. The molecule has 0 unspecified atom stereocenters. The quantitative estimate of drug-likeness (QED) is 0.399. The van der Waals surface area contributed by atoms with E-state index in [1.807, 2.05) is 19.9 Å². The molecular weight excluding hydrogens is 470 g/mol. The van der Waals surface area contributed by atoms with Crippen molar-refractivity contribution in [3.8, 4) is 6.07 Å². The number of hydrogen-bond donors (Lipinski definition) is 2. The first-order chi connectivity index (χ1) is 15.5. The van der Waals surface area contributed by atoms with E-state index in [2.05, 4.69) is 11.9 Å². The van der Waals surface area contributed by atoms with Crippen LogP contribution in [0, 0.1) is 28.6 Å². The zero-order valence-corrected chi connectivity index (χ0v) is 18.8. The molecule has 0 aromatic heterocycles. The number of halogens is 6. The summed E-state index contributed by atoms with van der Waals surface area (Å²) in [5.41, 5.74) is -0.937. The summed E-state index contributed by atoms with van der Waals surface area (Å²) in [7, 11) is 0. The van der Waals surface area contributed by atoms with Gasteiger partial charge in [0.25, 0.3) is 0 Å². The van der Waals surface area contributed by atoms with Crippen molar-refractivity contribution in [3.05, 3.63) is 12.2 Å². The van der Waals surface area contributed by atoms with Gasteiger partial charge in [-0.05, 0) is 35.7 Å². The zero-order valence-electron chi connectivity index (χ0n) is 18.8. The second-order valence-electron chi connectivity index (χ2n) is 9.17. The Kier molecular flexibility index (Phi) is 7.64. The Balaban J connectivity index is 2.33. The number of carbonyl (C=O) groups excluding carboxylic acids is 3. The molecule has 0 spiro atoms. The molecule has 3 amide bonds. The summed E-state index contributed by atoms with van der Waals surface area (Å²) in [6.45, 7) is 8.61. The Bertz CT molecular complexity index is 892. The van der Waals surface area contributed by atoms with E-state index in [1.54, 1.807) is 6.92 Å². The first kappa shape index (κ1) is 27.5. The maximum atomic E-state index is 13.2. The van der Waals surface area contributed by atoms with Crippen molar-refractivity contribution in [2.45, 2.75) is 70.5 Å². The van der Waals surface area contributed by atoms with Crippen LogP contribution in [0.1, 0.15) is 40.0 Å². The second kappa shape index (κ2) is 9.46. The van der Waals surface area contributed by atoms with E-state index in [-0.39, 0.29) is 30.2 Å². The Morgan fingerprint density at radius 3 is 2.24 bits per heavy atom. The molecule has 1 saturated heterocycles. The van der Waals surface area contributed by atoms with Crippen LogP contribution in [-0.4, -0.2) is 59.6 Å². The number of piperidine rings is 1. The number of fused-ring (bicyclic) bond motifs is 1. The van der Waals surface area contributed by atoms with Gasteiger partial charge in [0.2, 0.25) is 11.8 Å². The van der Waals surface area contributed by atoms with Crippen molar-refractivity contribution in [3.63, 3.8) is 0 Å². The molecular formula is C21H26F6N4O3. The number of nitrogens with zero attached hydrogens (tertiary/aromatic N) is 2. The number of hydrogen-bond acceptors (Lipinski definition) is 4. The van der Waals surface area contributed by atoms with Crippen LogP contribution in [0.3, 0.4) is 0 Å². The molecule has 2 rings (SSSR count). The number of nitriles is 1. The maximum absolute atomic E-state index is 13.2. The summed E-state index contributed by atoms with van der Waals surface area (Å²) in [5, 5.41) is 13.1. The summed E-state index contributed by atoms with van der Waals surface area (Å²) in [6.07, 6.45) is -12.2. The van der Waals surface area contributed by atoms with Crippen molar-refractivity contribution in [1.82, 2.24) is 15.5 Å². The van der Waals surface area contributed by atoms with Gasteiger partial charge < -0.3 is 15.5 Å². The zero-order chi connectivity index (χ0) is 26.2. The van der Waals surface area contributed by atoms with E-state index in [0.29, 0.717) is 0 Å². The average molecular weight is 496 g/mol. The highest BCUT2D eigenvalue weighted by molar-refractivity contribution is 5.96. The molecule has 7 nitrogen and oxygen atoms in total. The molecule has 34 heavy (non-hydrogen) atoms. The van der Waals surface area contributed by atoms with Crippen LogP contribution >= 0.6 is 0 Å². The van der Waals surface area contributed by atoms with Gasteiger partial charge in [0.05, 0.1) is 6.07 Å². The molecule has 190 valence electrons. The third-order valence-corrected chi connectivity index (χ3v) is 6.56. The van der Waals surface area contributed by atoms with E-state index in [9.17, 15) is 40.7 Å². The van der Waals surface area contributed by atoms with Gasteiger partial charge in [-0.15, -0.1) is 0 Å². The van der Waals surface area contributed by atoms with Crippen LogP contribution in [0.2, 0.25) is 0 Å². The number of likely N-dealkylation sites (tertiary alicyclic amines) is 1. The number of carbonyl (C=O) groups is 3. The smallest absolute Gasteiger partial charge is 0.339 e. The van der Waals surface area contributed by atoms with E-state index < -0.39 is 66.6 Å². The third-order valence-electron chi connectivity index (χ3n) is 6.56. The first-order valence-electron chi connectivity index (χ1n) is 10.6. The van der Waals surface area contributed by atoms with Crippen molar-refractivity contribution < 1.29 is 40.7 Å². The van der Waals surface area contributed by atoms with E-state index in [4.69, 9.17) is 5.26 Å². The lowest BCUT2D eigenvalue weighted by Gasteiger charge is -2.34. The molecule has 2 N–H and O–H groups in total. The first-order valence-corrected chi connectivity index (χ1v) is 10.6. The number of alkyl halides is 6. The summed E-state index contributed by atoms with van der Waals surface area (Å²) >= 11 is 0. The lowest BCUT2D eigenvalue weighted by Crippen LogP contribution is -2.58. The highest BCUT2D eigenvalue weighted by Gasteiger charge is 2.69. The van der Waals surface area contributed by atoms with Crippen LogP contribution in [0.25, 0.3) is 0 Å². The lowest BCUT2D eigenvalue weighted by molar-refractivity contribution is -0.175. The van der Waals surface area contributed by atoms with Gasteiger partial charge in [-0.3, -0.25) is 14.4 Å².